The Morgan fingerprint density at radius 1 is 1.00 bits per heavy atom. The van der Waals surface area contributed by atoms with Gasteiger partial charge in [0.05, 0.1) is 0 Å². The number of rotatable bonds is 3. The zero-order valence-electron chi connectivity index (χ0n) is 9.85. The average Bonchev–Trinajstić information content (AvgIpc) is 2.38. The van der Waals surface area contributed by atoms with Gasteiger partial charge in [-0.15, -0.1) is 0 Å². The van der Waals surface area contributed by atoms with Gasteiger partial charge >= 0.3 is 0 Å². The largest absolute Gasteiger partial charge is 0.291 e. The molecular weight excluding hydrogens is 389 g/mol. The molecule has 0 atom stereocenters. The SMILES string of the molecule is ONc1c(F)cc(F)c(F)c1Cc1ccc(I)cc1F. The molecule has 0 saturated heterocycles. The second-order valence-corrected chi connectivity index (χ2v) is 5.28. The van der Waals surface area contributed by atoms with Gasteiger partial charge < -0.3 is 0 Å². The molecule has 106 valence electrons. The fraction of sp³-hybridized carbons (Fsp3) is 0.0769. The summed E-state index contributed by atoms with van der Waals surface area (Å²) in [7, 11) is 0. The van der Waals surface area contributed by atoms with Gasteiger partial charge in [-0.25, -0.2) is 17.6 Å². The molecule has 0 aliphatic carbocycles. The number of nitrogens with one attached hydrogen (secondary N) is 1. The topological polar surface area (TPSA) is 32.3 Å². The van der Waals surface area contributed by atoms with Crippen LogP contribution in [0.5, 0.6) is 0 Å². The summed E-state index contributed by atoms with van der Waals surface area (Å²) in [5.74, 6) is -4.51. The molecule has 2 nitrogen and oxygen atoms in total. The van der Waals surface area contributed by atoms with E-state index in [4.69, 9.17) is 5.21 Å². The van der Waals surface area contributed by atoms with Gasteiger partial charge in [0.2, 0.25) is 0 Å². The van der Waals surface area contributed by atoms with Crippen molar-refractivity contribution < 1.29 is 22.8 Å². The van der Waals surface area contributed by atoms with Crippen molar-refractivity contribution in [3.63, 3.8) is 0 Å². The van der Waals surface area contributed by atoms with Crippen molar-refractivity contribution in [1.29, 1.82) is 0 Å². The van der Waals surface area contributed by atoms with Crippen molar-refractivity contribution in [1.82, 2.24) is 0 Å². The van der Waals surface area contributed by atoms with Crippen LogP contribution in [0.25, 0.3) is 0 Å². The van der Waals surface area contributed by atoms with Crippen molar-refractivity contribution in [2.24, 2.45) is 0 Å². The fourth-order valence-electron chi connectivity index (χ4n) is 1.79. The molecule has 0 heterocycles. The molecule has 2 N–H and O–H groups in total. The maximum atomic E-state index is 13.7. The van der Waals surface area contributed by atoms with Crippen LogP contribution < -0.4 is 5.48 Å². The molecule has 0 fully saturated rings. The molecule has 0 saturated carbocycles. The molecule has 0 aromatic heterocycles. The predicted molar refractivity (Wildman–Crippen MR) is 73.6 cm³/mol. The van der Waals surface area contributed by atoms with Crippen molar-refractivity contribution in [2.75, 3.05) is 5.48 Å². The summed E-state index contributed by atoms with van der Waals surface area (Å²) < 4.78 is 54.7. The monoisotopic (exact) mass is 397 g/mol. The molecule has 7 heteroatoms. The molecule has 2 rings (SSSR count). The standard InChI is InChI=1S/C13H8F4INO/c14-9-4-7(18)2-1-6(9)3-8-12(17)10(15)5-11(16)13(8)19-20/h1-2,4-5,19-20H,3H2. The molecule has 20 heavy (non-hydrogen) atoms. The third-order valence-electron chi connectivity index (χ3n) is 2.76. The van der Waals surface area contributed by atoms with Crippen LogP contribution in [0.1, 0.15) is 11.1 Å². The second-order valence-electron chi connectivity index (χ2n) is 4.03. The van der Waals surface area contributed by atoms with E-state index in [9.17, 15) is 17.6 Å². The van der Waals surface area contributed by atoms with Gasteiger partial charge in [-0.2, -0.15) is 0 Å². The van der Waals surface area contributed by atoms with Gasteiger partial charge in [-0.1, -0.05) is 6.07 Å². The molecule has 0 aliphatic heterocycles. The minimum absolute atomic E-state index is 0.0609. The summed E-state index contributed by atoms with van der Waals surface area (Å²) in [6.45, 7) is 0. The lowest BCUT2D eigenvalue weighted by Gasteiger charge is -2.12. The quantitative estimate of drug-likeness (QED) is 0.352. The predicted octanol–water partition coefficient (Wildman–Crippen LogP) is 4.24. The molecule has 0 radical (unpaired) electrons. The summed E-state index contributed by atoms with van der Waals surface area (Å²) >= 11 is 1.90. The van der Waals surface area contributed by atoms with Gasteiger partial charge in [0.25, 0.3) is 0 Å². The van der Waals surface area contributed by atoms with Crippen molar-refractivity contribution >= 4 is 28.3 Å². The van der Waals surface area contributed by atoms with Crippen LogP contribution in [0.15, 0.2) is 24.3 Å². The molecule has 0 spiro atoms. The smallest absolute Gasteiger partial charge is 0.164 e. The first-order valence-corrected chi connectivity index (χ1v) is 6.52. The zero-order chi connectivity index (χ0) is 14.9. The lowest BCUT2D eigenvalue weighted by atomic mass is 10.0. The van der Waals surface area contributed by atoms with Crippen LogP contribution in [0, 0.1) is 26.8 Å². The number of hydrogen-bond acceptors (Lipinski definition) is 2. The van der Waals surface area contributed by atoms with E-state index in [1.807, 2.05) is 22.6 Å². The van der Waals surface area contributed by atoms with Crippen molar-refractivity contribution in [2.45, 2.75) is 6.42 Å². The zero-order valence-corrected chi connectivity index (χ0v) is 12.0. The highest BCUT2D eigenvalue weighted by molar-refractivity contribution is 14.1. The van der Waals surface area contributed by atoms with Gasteiger partial charge in [-0.05, 0) is 40.3 Å². The highest BCUT2D eigenvalue weighted by Crippen LogP contribution is 2.28. The van der Waals surface area contributed by atoms with Crippen LogP contribution >= 0.6 is 22.6 Å². The summed E-state index contributed by atoms with van der Waals surface area (Å²) in [6, 6.07) is 4.50. The van der Waals surface area contributed by atoms with Crippen LogP contribution in [-0.2, 0) is 6.42 Å². The minimum atomic E-state index is -1.40. The van der Waals surface area contributed by atoms with Crippen molar-refractivity contribution in [3.05, 3.63) is 62.2 Å². The summed E-state index contributed by atoms with van der Waals surface area (Å²) in [6.07, 6.45) is -0.397. The third-order valence-corrected chi connectivity index (χ3v) is 3.43. The van der Waals surface area contributed by atoms with Gasteiger partial charge in [0, 0.05) is 21.6 Å². The van der Waals surface area contributed by atoms with E-state index in [0.29, 0.717) is 9.64 Å². The average molecular weight is 397 g/mol. The summed E-state index contributed by atoms with van der Waals surface area (Å²) in [4.78, 5) is 0. The van der Waals surface area contributed by atoms with E-state index in [2.05, 4.69) is 0 Å². The molecule has 0 unspecified atom stereocenters. The lowest BCUT2D eigenvalue weighted by Crippen LogP contribution is -2.07. The van der Waals surface area contributed by atoms with Crippen LogP contribution in [0.2, 0.25) is 0 Å². The van der Waals surface area contributed by atoms with E-state index in [0.717, 1.165) is 0 Å². The van der Waals surface area contributed by atoms with Gasteiger partial charge in [-0.3, -0.25) is 10.7 Å². The Kier molecular flexibility index (Phi) is 4.48. The highest BCUT2D eigenvalue weighted by Gasteiger charge is 2.20. The normalized spacial score (nSPS) is 10.7. The number of halogens is 5. The van der Waals surface area contributed by atoms with E-state index < -0.39 is 40.9 Å². The number of hydrogen-bond donors (Lipinski definition) is 2. The van der Waals surface area contributed by atoms with Crippen molar-refractivity contribution in [3.8, 4) is 0 Å². The Labute approximate surface area is 125 Å². The Balaban J connectivity index is 2.52. The first-order chi connectivity index (χ1) is 9.43. The maximum absolute atomic E-state index is 13.7. The molecule has 0 bridgehead atoms. The van der Waals surface area contributed by atoms with E-state index in [1.165, 1.54) is 17.6 Å². The maximum Gasteiger partial charge on any atom is 0.164 e. The Morgan fingerprint density at radius 3 is 2.30 bits per heavy atom. The van der Waals surface area contributed by atoms with Gasteiger partial charge in [0.15, 0.2) is 17.5 Å². The third kappa shape index (κ3) is 2.88. The molecular formula is C13H8F4INO. The minimum Gasteiger partial charge on any atom is -0.291 e. The van der Waals surface area contributed by atoms with Crippen LogP contribution in [0.3, 0.4) is 0 Å². The summed E-state index contributed by atoms with van der Waals surface area (Å²) in [5, 5.41) is 8.83. The van der Waals surface area contributed by atoms with E-state index >= 15 is 0 Å². The summed E-state index contributed by atoms with van der Waals surface area (Å²) in [5.41, 5.74) is 0.448. The molecule has 0 amide bonds. The van der Waals surface area contributed by atoms with Gasteiger partial charge in [0.1, 0.15) is 11.5 Å². The molecule has 2 aromatic rings. The van der Waals surface area contributed by atoms with E-state index in [1.54, 1.807) is 6.07 Å². The molecule has 0 aliphatic rings. The Bertz CT molecular complexity index is 663. The number of benzene rings is 2. The van der Waals surface area contributed by atoms with E-state index in [-0.39, 0.29) is 5.56 Å². The first-order valence-electron chi connectivity index (χ1n) is 5.44. The van der Waals surface area contributed by atoms with Crippen LogP contribution in [0.4, 0.5) is 23.2 Å². The fourth-order valence-corrected chi connectivity index (χ4v) is 2.24. The lowest BCUT2D eigenvalue weighted by molar-refractivity contribution is 0.380. The Morgan fingerprint density at radius 2 is 1.70 bits per heavy atom. The Hall–Kier alpha value is -1.35. The second kappa shape index (κ2) is 5.96. The highest BCUT2D eigenvalue weighted by atomic mass is 127. The van der Waals surface area contributed by atoms with Crippen LogP contribution in [-0.4, -0.2) is 5.21 Å². The first kappa shape index (κ1) is 15.0. The number of anilines is 1. The molecule has 2 aromatic carbocycles.